The molecule has 3 aromatic carbocycles. The van der Waals surface area contributed by atoms with Crippen molar-refractivity contribution in [3.8, 4) is 28.2 Å². The summed E-state index contributed by atoms with van der Waals surface area (Å²) in [6.45, 7) is 6.08. The smallest absolute Gasteiger partial charge is 0.192 e. The Morgan fingerprint density at radius 1 is 0.828 bits per heavy atom. The lowest BCUT2D eigenvalue weighted by atomic mass is 9.99. The summed E-state index contributed by atoms with van der Waals surface area (Å²) in [6, 6.07) is 20.7. The summed E-state index contributed by atoms with van der Waals surface area (Å²) < 4.78 is 7.60. The molecule has 5 heteroatoms. The number of hydrogen-bond acceptors (Lipinski definition) is 4. The summed E-state index contributed by atoms with van der Waals surface area (Å²) in [7, 11) is 0. The number of rotatable bonds is 3. The lowest BCUT2D eigenvalue weighted by molar-refractivity contribution is 0.561. The number of nitrogens with zero attached hydrogens (tertiary/aromatic N) is 4. The van der Waals surface area contributed by atoms with Crippen LogP contribution in [0.2, 0.25) is 0 Å². The largest absolute Gasteiger partial charge is 0.441 e. The van der Waals surface area contributed by atoms with E-state index in [-0.39, 0.29) is 0 Å². The Balaban J connectivity index is 1.68. The minimum absolute atomic E-state index is 0.637. The molecule has 142 valence electrons. The van der Waals surface area contributed by atoms with E-state index in [2.05, 4.69) is 65.3 Å². The third-order valence-electron chi connectivity index (χ3n) is 5.12. The van der Waals surface area contributed by atoms with Crippen molar-refractivity contribution < 1.29 is 4.42 Å². The van der Waals surface area contributed by atoms with E-state index in [1.807, 2.05) is 35.9 Å². The molecule has 5 aromatic rings. The maximum absolute atomic E-state index is 5.70. The van der Waals surface area contributed by atoms with Gasteiger partial charge in [-0.15, -0.1) is 0 Å². The Labute approximate surface area is 168 Å². The number of hydrogen-bond donors (Lipinski definition) is 0. The molecule has 0 atom stereocenters. The van der Waals surface area contributed by atoms with E-state index in [1.54, 1.807) is 6.33 Å². The molecule has 2 heterocycles. The van der Waals surface area contributed by atoms with Crippen LogP contribution in [0.1, 0.15) is 17.0 Å². The minimum Gasteiger partial charge on any atom is -0.441 e. The summed E-state index contributed by atoms with van der Waals surface area (Å²) in [5, 5.41) is 4.55. The van der Waals surface area contributed by atoms with Crippen LogP contribution in [-0.4, -0.2) is 19.7 Å². The average molecular weight is 380 g/mol. The third kappa shape index (κ3) is 2.91. The highest BCUT2D eigenvalue weighted by molar-refractivity contribution is 5.89. The first-order valence-corrected chi connectivity index (χ1v) is 9.55. The zero-order valence-electron chi connectivity index (χ0n) is 16.5. The second-order valence-corrected chi connectivity index (χ2v) is 7.21. The van der Waals surface area contributed by atoms with E-state index in [9.17, 15) is 0 Å². The summed E-state index contributed by atoms with van der Waals surface area (Å²) in [5.74, 6) is 1.39. The molecule has 0 bridgehead atoms. The molecule has 0 aliphatic carbocycles. The quantitative estimate of drug-likeness (QED) is 0.405. The van der Waals surface area contributed by atoms with Crippen LogP contribution in [0.5, 0.6) is 0 Å². The first-order chi connectivity index (χ1) is 14.1. The number of oxazole rings is 1. The fourth-order valence-electron chi connectivity index (χ4n) is 3.92. The zero-order chi connectivity index (χ0) is 20.0. The fraction of sp³-hybridized carbons (Fsp3) is 0.125. The minimum atomic E-state index is 0.637. The van der Waals surface area contributed by atoms with Crippen molar-refractivity contribution >= 4 is 11.1 Å². The van der Waals surface area contributed by atoms with Crippen molar-refractivity contribution in [3.05, 3.63) is 84.0 Å². The predicted octanol–water partition coefficient (Wildman–Crippen LogP) is 5.67. The van der Waals surface area contributed by atoms with Gasteiger partial charge in [0.15, 0.2) is 17.3 Å². The molecule has 0 amide bonds. The lowest BCUT2D eigenvalue weighted by Gasteiger charge is -2.15. The molecule has 0 aliphatic heterocycles. The highest BCUT2D eigenvalue weighted by Crippen LogP contribution is 2.32. The molecule has 29 heavy (non-hydrogen) atoms. The number of para-hydroxylation sites is 1. The van der Waals surface area contributed by atoms with Crippen LogP contribution >= 0.6 is 0 Å². The second kappa shape index (κ2) is 6.71. The van der Waals surface area contributed by atoms with Gasteiger partial charge < -0.3 is 4.42 Å². The van der Waals surface area contributed by atoms with Gasteiger partial charge in [-0.05, 0) is 60.4 Å². The van der Waals surface area contributed by atoms with Gasteiger partial charge in [0, 0.05) is 12.5 Å². The molecule has 0 spiro atoms. The summed E-state index contributed by atoms with van der Waals surface area (Å²) in [6.07, 6.45) is 1.59. The molecule has 0 unspecified atom stereocenters. The molecule has 0 saturated carbocycles. The maximum atomic E-state index is 5.70. The molecule has 5 rings (SSSR count). The van der Waals surface area contributed by atoms with Crippen LogP contribution in [0.4, 0.5) is 0 Å². The fourth-order valence-corrected chi connectivity index (χ4v) is 3.92. The van der Waals surface area contributed by atoms with E-state index < -0.39 is 0 Å². The third-order valence-corrected chi connectivity index (χ3v) is 5.12. The molecule has 0 N–H and O–H groups in total. The van der Waals surface area contributed by atoms with Crippen molar-refractivity contribution in [2.75, 3.05) is 0 Å². The Bertz CT molecular complexity index is 1310. The summed E-state index contributed by atoms with van der Waals surface area (Å²) in [5.41, 5.74) is 8.17. The number of benzene rings is 3. The molecular formula is C24H20N4O. The number of aryl methyl sites for hydroxylation is 3. The Kier molecular flexibility index (Phi) is 4.02. The van der Waals surface area contributed by atoms with Crippen molar-refractivity contribution in [3.63, 3.8) is 0 Å². The second-order valence-electron chi connectivity index (χ2n) is 7.21. The van der Waals surface area contributed by atoms with E-state index in [1.165, 1.54) is 11.1 Å². The Morgan fingerprint density at radius 2 is 1.59 bits per heavy atom. The van der Waals surface area contributed by atoms with Gasteiger partial charge in [0.05, 0.1) is 5.69 Å². The molecule has 0 radical (unpaired) electrons. The van der Waals surface area contributed by atoms with E-state index in [0.29, 0.717) is 5.89 Å². The van der Waals surface area contributed by atoms with Gasteiger partial charge in [-0.3, -0.25) is 0 Å². The molecule has 0 saturated heterocycles. The summed E-state index contributed by atoms with van der Waals surface area (Å²) >= 11 is 0. The van der Waals surface area contributed by atoms with Gasteiger partial charge in [-0.1, -0.05) is 36.4 Å². The first kappa shape index (κ1) is 17.4. The lowest BCUT2D eigenvalue weighted by Crippen LogP contribution is -2.05. The maximum Gasteiger partial charge on any atom is 0.192 e. The normalized spacial score (nSPS) is 11.3. The number of aromatic nitrogens is 4. The van der Waals surface area contributed by atoms with Crippen LogP contribution in [0.15, 0.2) is 71.4 Å². The topological polar surface area (TPSA) is 56.7 Å². The molecule has 0 aliphatic rings. The monoisotopic (exact) mass is 380 g/mol. The van der Waals surface area contributed by atoms with Crippen LogP contribution < -0.4 is 0 Å². The molecule has 5 nitrogen and oxygen atoms in total. The van der Waals surface area contributed by atoms with Gasteiger partial charge in [-0.2, -0.15) is 5.10 Å². The van der Waals surface area contributed by atoms with Crippen molar-refractivity contribution in [2.45, 2.75) is 20.8 Å². The standard InChI is InChI=1S/C24H20N4O/c1-15-12-19(18-8-5-4-6-9-18)13-16(2)23(15)28-24(25-14-26-28)20-10-7-11-21-22(20)27-17(3)29-21/h4-14H,1-3H3. The van der Waals surface area contributed by atoms with E-state index >= 15 is 0 Å². The van der Waals surface area contributed by atoms with Crippen molar-refractivity contribution in [1.29, 1.82) is 0 Å². The predicted molar refractivity (Wildman–Crippen MR) is 114 cm³/mol. The van der Waals surface area contributed by atoms with E-state index in [0.717, 1.165) is 39.3 Å². The molecule has 0 fully saturated rings. The van der Waals surface area contributed by atoms with Crippen molar-refractivity contribution in [2.24, 2.45) is 0 Å². The van der Waals surface area contributed by atoms with Gasteiger partial charge in [0.1, 0.15) is 11.8 Å². The van der Waals surface area contributed by atoms with Gasteiger partial charge >= 0.3 is 0 Å². The van der Waals surface area contributed by atoms with Gasteiger partial charge in [-0.25, -0.2) is 14.6 Å². The van der Waals surface area contributed by atoms with Crippen molar-refractivity contribution in [1.82, 2.24) is 19.7 Å². The van der Waals surface area contributed by atoms with Crippen LogP contribution in [0, 0.1) is 20.8 Å². The van der Waals surface area contributed by atoms with Gasteiger partial charge in [0.25, 0.3) is 0 Å². The highest BCUT2D eigenvalue weighted by atomic mass is 16.3. The Morgan fingerprint density at radius 3 is 2.34 bits per heavy atom. The molecule has 2 aromatic heterocycles. The van der Waals surface area contributed by atoms with Crippen LogP contribution in [-0.2, 0) is 0 Å². The van der Waals surface area contributed by atoms with Crippen LogP contribution in [0.25, 0.3) is 39.3 Å². The first-order valence-electron chi connectivity index (χ1n) is 9.55. The van der Waals surface area contributed by atoms with Crippen LogP contribution in [0.3, 0.4) is 0 Å². The highest BCUT2D eigenvalue weighted by Gasteiger charge is 2.18. The average Bonchev–Trinajstić information content (AvgIpc) is 3.33. The number of fused-ring (bicyclic) bond motifs is 1. The zero-order valence-corrected chi connectivity index (χ0v) is 16.5. The molecular weight excluding hydrogens is 360 g/mol. The summed E-state index contributed by atoms with van der Waals surface area (Å²) in [4.78, 5) is 9.11. The van der Waals surface area contributed by atoms with E-state index in [4.69, 9.17) is 4.42 Å². The Hall–Kier alpha value is -3.73. The van der Waals surface area contributed by atoms with Gasteiger partial charge in [0.2, 0.25) is 0 Å². The SMILES string of the molecule is Cc1nc2c(-c3ncnn3-c3c(C)cc(-c4ccccc4)cc3C)cccc2o1.